The Balaban J connectivity index is 2.65. The first-order valence-corrected chi connectivity index (χ1v) is 8.92. The van der Waals surface area contributed by atoms with Crippen LogP contribution in [0.25, 0.3) is 11.3 Å². The van der Waals surface area contributed by atoms with Gasteiger partial charge in [-0.15, -0.1) is 0 Å². The number of aromatic nitrogens is 2. The number of hydrogen-bond donors (Lipinski definition) is 2. The number of carbonyl (C=O) groups is 1. The van der Waals surface area contributed by atoms with Crippen LogP contribution < -0.4 is 5.73 Å². The van der Waals surface area contributed by atoms with Crippen molar-refractivity contribution < 1.29 is 14.6 Å². The number of rotatable bonds is 7. The Bertz CT molecular complexity index is 873. The fourth-order valence-corrected chi connectivity index (χ4v) is 2.96. The maximum absolute atomic E-state index is 11.7. The molecule has 1 aromatic carbocycles. The van der Waals surface area contributed by atoms with E-state index in [1.165, 1.54) is 13.2 Å². The van der Waals surface area contributed by atoms with E-state index in [0.29, 0.717) is 28.9 Å². The lowest BCUT2D eigenvalue weighted by atomic mass is 10.0. The fraction of sp³-hybridized carbons (Fsp3) is 0.450. The molecule has 7 heteroatoms. The number of ether oxygens (including phenoxy) is 1. The number of aliphatic hydroxyl groups is 1. The first-order chi connectivity index (χ1) is 12.7. The van der Waals surface area contributed by atoms with Crippen LogP contribution >= 0.6 is 0 Å². The minimum absolute atomic E-state index is 0.253. The van der Waals surface area contributed by atoms with Crippen molar-refractivity contribution in [3.05, 3.63) is 35.3 Å². The quantitative estimate of drug-likeness (QED) is 0.572. The molecule has 144 valence electrons. The summed E-state index contributed by atoms with van der Waals surface area (Å²) in [5.41, 5.74) is 7.27. The van der Waals surface area contributed by atoms with Gasteiger partial charge < -0.3 is 20.1 Å². The number of nitriles is 1. The molecule has 0 aliphatic heterocycles. The highest BCUT2D eigenvalue weighted by molar-refractivity contribution is 5.92. The van der Waals surface area contributed by atoms with Crippen molar-refractivity contribution in [2.45, 2.75) is 52.2 Å². The highest BCUT2D eigenvalue weighted by atomic mass is 16.5. The normalized spacial score (nSPS) is 11.3. The van der Waals surface area contributed by atoms with Gasteiger partial charge in [-0.05, 0) is 38.5 Å². The number of hydrogen-bond acceptors (Lipinski definition) is 6. The molecule has 0 radical (unpaired) electrons. The monoisotopic (exact) mass is 370 g/mol. The minimum Gasteiger partial charge on any atom is -0.465 e. The Hall–Kier alpha value is -2.85. The van der Waals surface area contributed by atoms with E-state index < -0.39 is 11.6 Å². The van der Waals surface area contributed by atoms with Crippen LogP contribution in [0.2, 0.25) is 0 Å². The number of imidazole rings is 1. The Morgan fingerprint density at radius 2 is 2.15 bits per heavy atom. The number of benzene rings is 1. The van der Waals surface area contributed by atoms with Crippen LogP contribution in [-0.4, -0.2) is 33.3 Å². The van der Waals surface area contributed by atoms with Gasteiger partial charge in [-0.25, -0.2) is 9.78 Å². The molecule has 0 bridgehead atoms. The van der Waals surface area contributed by atoms with Crippen LogP contribution in [-0.2, 0) is 17.7 Å². The minimum atomic E-state index is -0.996. The zero-order valence-corrected chi connectivity index (χ0v) is 16.2. The summed E-state index contributed by atoms with van der Waals surface area (Å²) >= 11 is 0. The van der Waals surface area contributed by atoms with E-state index in [0.717, 1.165) is 18.7 Å². The summed E-state index contributed by atoms with van der Waals surface area (Å²) in [6.07, 6.45) is 2.61. The number of methoxy groups -OCH3 is 1. The molecular weight excluding hydrogens is 344 g/mol. The third kappa shape index (κ3) is 4.66. The number of carbonyl (C=O) groups excluding carboxylic acids is 1. The Morgan fingerprint density at radius 3 is 2.67 bits per heavy atom. The van der Waals surface area contributed by atoms with Crippen molar-refractivity contribution in [2.75, 3.05) is 12.8 Å². The molecule has 0 atom stereocenters. The van der Waals surface area contributed by atoms with Crippen molar-refractivity contribution in [3.63, 3.8) is 0 Å². The molecule has 0 amide bonds. The first-order valence-electron chi connectivity index (χ1n) is 8.92. The van der Waals surface area contributed by atoms with E-state index in [1.807, 2.05) is 4.57 Å². The lowest BCUT2D eigenvalue weighted by molar-refractivity contribution is 0.0597. The lowest BCUT2D eigenvalue weighted by Gasteiger charge is -2.22. The topological polar surface area (TPSA) is 114 Å². The number of nitrogens with two attached hydrogens (primary N) is 1. The SMILES string of the molecule is CCCCc1nc(C#N)c(-c2ccc(C(=O)OC)cc2N)n1CC(C)(C)O. The van der Waals surface area contributed by atoms with E-state index in [9.17, 15) is 15.2 Å². The number of anilines is 1. The van der Waals surface area contributed by atoms with Crippen LogP contribution in [0.15, 0.2) is 18.2 Å². The Kier molecular flexibility index (Phi) is 6.24. The first kappa shape index (κ1) is 20.5. The molecule has 2 rings (SSSR count). The predicted molar refractivity (Wildman–Crippen MR) is 103 cm³/mol. The Morgan fingerprint density at radius 1 is 1.44 bits per heavy atom. The third-order valence-electron chi connectivity index (χ3n) is 4.18. The van der Waals surface area contributed by atoms with Gasteiger partial charge in [0.05, 0.1) is 30.5 Å². The van der Waals surface area contributed by atoms with E-state index in [-0.39, 0.29) is 12.2 Å². The molecular formula is C20H26N4O3. The van der Waals surface area contributed by atoms with Gasteiger partial charge in [0.2, 0.25) is 0 Å². The van der Waals surface area contributed by atoms with Crippen LogP contribution in [0.1, 0.15) is 55.5 Å². The summed E-state index contributed by atoms with van der Waals surface area (Å²) in [7, 11) is 1.30. The molecule has 0 saturated carbocycles. The number of nitrogen functional groups attached to an aromatic ring is 1. The second-order valence-corrected chi connectivity index (χ2v) is 7.13. The largest absolute Gasteiger partial charge is 0.465 e. The Labute approximate surface area is 159 Å². The number of unbranched alkanes of at least 4 members (excludes halogenated alkanes) is 1. The molecule has 0 fully saturated rings. The summed E-state index contributed by atoms with van der Waals surface area (Å²) in [5.74, 6) is 0.254. The van der Waals surface area contributed by atoms with E-state index >= 15 is 0 Å². The van der Waals surface area contributed by atoms with Crippen molar-refractivity contribution in [2.24, 2.45) is 0 Å². The maximum atomic E-state index is 11.7. The molecule has 7 nitrogen and oxygen atoms in total. The van der Waals surface area contributed by atoms with E-state index in [2.05, 4.69) is 18.0 Å². The fourth-order valence-electron chi connectivity index (χ4n) is 2.96. The zero-order chi connectivity index (χ0) is 20.2. The van der Waals surface area contributed by atoms with Crippen LogP contribution in [0.4, 0.5) is 5.69 Å². The molecule has 0 aliphatic carbocycles. The molecule has 2 aromatic rings. The van der Waals surface area contributed by atoms with E-state index in [4.69, 9.17) is 10.5 Å². The second-order valence-electron chi connectivity index (χ2n) is 7.13. The molecule has 0 aliphatic rings. The van der Waals surface area contributed by atoms with Gasteiger partial charge in [-0.1, -0.05) is 13.3 Å². The van der Waals surface area contributed by atoms with Crippen LogP contribution in [0.3, 0.4) is 0 Å². The van der Waals surface area contributed by atoms with Gasteiger partial charge in [0, 0.05) is 17.7 Å². The molecule has 1 heterocycles. The van der Waals surface area contributed by atoms with Gasteiger partial charge in [0.1, 0.15) is 11.9 Å². The summed E-state index contributed by atoms with van der Waals surface area (Å²) in [4.78, 5) is 16.2. The summed E-state index contributed by atoms with van der Waals surface area (Å²) in [6.45, 7) is 5.76. The van der Waals surface area contributed by atoms with Crippen LogP contribution in [0.5, 0.6) is 0 Å². The average molecular weight is 370 g/mol. The van der Waals surface area contributed by atoms with E-state index in [1.54, 1.807) is 26.0 Å². The number of aryl methyl sites for hydroxylation is 1. The van der Waals surface area contributed by atoms with Crippen molar-refractivity contribution >= 4 is 11.7 Å². The number of esters is 1. The predicted octanol–water partition coefficient (Wildman–Crippen LogP) is 2.90. The molecule has 3 N–H and O–H groups in total. The molecule has 27 heavy (non-hydrogen) atoms. The van der Waals surface area contributed by atoms with Crippen molar-refractivity contribution in [3.8, 4) is 17.3 Å². The average Bonchev–Trinajstić information content (AvgIpc) is 2.94. The summed E-state index contributed by atoms with van der Waals surface area (Å²) in [6, 6.07) is 6.94. The zero-order valence-electron chi connectivity index (χ0n) is 16.2. The van der Waals surface area contributed by atoms with Gasteiger partial charge in [-0.3, -0.25) is 0 Å². The van der Waals surface area contributed by atoms with Crippen LogP contribution in [0, 0.1) is 11.3 Å². The van der Waals surface area contributed by atoms with Crippen molar-refractivity contribution in [1.29, 1.82) is 5.26 Å². The lowest BCUT2D eigenvalue weighted by Crippen LogP contribution is -2.27. The smallest absolute Gasteiger partial charge is 0.337 e. The van der Waals surface area contributed by atoms with Gasteiger partial charge in [0.25, 0.3) is 0 Å². The molecule has 0 unspecified atom stereocenters. The van der Waals surface area contributed by atoms with Crippen molar-refractivity contribution in [1.82, 2.24) is 9.55 Å². The van der Waals surface area contributed by atoms with Gasteiger partial charge >= 0.3 is 5.97 Å². The molecule has 1 aromatic heterocycles. The summed E-state index contributed by atoms with van der Waals surface area (Å²) in [5, 5.41) is 20.0. The second kappa shape index (κ2) is 8.23. The third-order valence-corrected chi connectivity index (χ3v) is 4.18. The number of nitrogens with zero attached hydrogens (tertiary/aromatic N) is 3. The van der Waals surface area contributed by atoms with Gasteiger partial charge in [0.15, 0.2) is 5.69 Å². The molecule has 0 spiro atoms. The highest BCUT2D eigenvalue weighted by Crippen LogP contribution is 2.32. The standard InChI is InChI=1S/C20H26N4O3/c1-5-6-7-17-23-16(11-21)18(24(17)12-20(2,3)26)14-9-8-13(10-15(14)22)19(25)27-4/h8-10,26H,5-7,12,22H2,1-4H3. The maximum Gasteiger partial charge on any atom is 0.337 e. The summed E-state index contributed by atoms with van der Waals surface area (Å²) < 4.78 is 6.58. The van der Waals surface area contributed by atoms with Gasteiger partial charge in [-0.2, -0.15) is 5.26 Å². The molecule has 0 saturated heterocycles. The highest BCUT2D eigenvalue weighted by Gasteiger charge is 2.25.